The quantitative estimate of drug-likeness (QED) is 0.524. The average Bonchev–Trinajstić information content (AvgIpc) is 2.45. The summed E-state index contributed by atoms with van der Waals surface area (Å²) in [6.45, 7) is 4.11. The third-order valence-corrected chi connectivity index (χ3v) is 3.60. The predicted molar refractivity (Wildman–Crippen MR) is 83.8 cm³/mol. The molecule has 1 N–H and O–H groups in total. The van der Waals surface area contributed by atoms with Crippen molar-refractivity contribution in [3.8, 4) is 5.75 Å². The van der Waals surface area contributed by atoms with Crippen LogP contribution in [0.15, 0.2) is 23.8 Å². The zero-order valence-electron chi connectivity index (χ0n) is 12.1. The fourth-order valence-electron chi connectivity index (χ4n) is 2.07. The van der Waals surface area contributed by atoms with E-state index in [9.17, 15) is 9.59 Å². The van der Waals surface area contributed by atoms with Crippen LogP contribution in [0.1, 0.15) is 18.1 Å². The summed E-state index contributed by atoms with van der Waals surface area (Å²) in [7, 11) is 1.59. The molecule has 1 aromatic rings. The van der Waals surface area contributed by atoms with Crippen LogP contribution in [0, 0.1) is 6.92 Å². The fraction of sp³-hybridized carbons (Fsp3) is 0.267. The zero-order chi connectivity index (χ0) is 15.6. The number of hydrogen-bond acceptors (Lipinski definition) is 4. The first-order valence-electron chi connectivity index (χ1n) is 6.51. The van der Waals surface area contributed by atoms with E-state index in [0.717, 1.165) is 16.9 Å². The first-order chi connectivity index (χ1) is 9.97. The van der Waals surface area contributed by atoms with Gasteiger partial charge in [-0.3, -0.25) is 19.8 Å². The van der Waals surface area contributed by atoms with E-state index in [4.69, 9.17) is 17.0 Å². The van der Waals surface area contributed by atoms with Gasteiger partial charge in [-0.05, 0) is 55.4 Å². The van der Waals surface area contributed by atoms with Crippen LogP contribution in [0.4, 0.5) is 0 Å². The van der Waals surface area contributed by atoms with Crippen molar-refractivity contribution in [3.05, 3.63) is 34.9 Å². The molecule has 2 amide bonds. The molecule has 5 nitrogen and oxygen atoms in total. The van der Waals surface area contributed by atoms with Crippen molar-refractivity contribution in [3.63, 3.8) is 0 Å². The van der Waals surface area contributed by atoms with Gasteiger partial charge in [-0.1, -0.05) is 6.07 Å². The lowest BCUT2D eigenvalue weighted by molar-refractivity contribution is -0.128. The van der Waals surface area contributed by atoms with Gasteiger partial charge in [0.1, 0.15) is 11.3 Å². The van der Waals surface area contributed by atoms with Crippen molar-refractivity contribution in [2.45, 2.75) is 13.8 Å². The summed E-state index contributed by atoms with van der Waals surface area (Å²) >= 11 is 4.99. The smallest absolute Gasteiger partial charge is 0.265 e. The molecule has 0 saturated carbocycles. The second kappa shape index (κ2) is 6.05. The van der Waals surface area contributed by atoms with E-state index in [1.807, 2.05) is 19.1 Å². The van der Waals surface area contributed by atoms with Gasteiger partial charge in [0.15, 0.2) is 5.11 Å². The number of nitrogens with zero attached hydrogens (tertiary/aromatic N) is 1. The summed E-state index contributed by atoms with van der Waals surface area (Å²) in [6, 6.07) is 5.44. The van der Waals surface area contributed by atoms with E-state index in [0.29, 0.717) is 6.54 Å². The van der Waals surface area contributed by atoms with Crippen molar-refractivity contribution >= 4 is 35.2 Å². The van der Waals surface area contributed by atoms with Crippen LogP contribution in [-0.2, 0) is 9.59 Å². The van der Waals surface area contributed by atoms with Crippen LogP contribution < -0.4 is 10.1 Å². The number of methoxy groups -OCH3 is 1. The van der Waals surface area contributed by atoms with Crippen molar-refractivity contribution in [2.75, 3.05) is 13.7 Å². The Hall–Kier alpha value is -2.21. The number of likely N-dealkylation sites (N-methyl/N-ethyl adjacent to an activating group) is 1. The number of nitrogens with one attached hydrogen (secondary N) is 1. The minimum atomic E-state index is -0.468. The molecule has 0 spiro atoms. The molecular formula is C15H16N2O3S. The number of hydrogen-bond donors (Lipinski definition) is 1. The lowest BCUT2D eigenvalue weighted by Crippen LogP contribution is -2.53. The molecule has 1 saturated heterocycles. The minimum absolute atomic E-state index is 0.0821. The monoisotopic (exact) mass is 304 g/mol. The van der Waals surface area contributed by atoms with E-state index >= 15 is 0 Å². The van der Waals surface area contributed by atoms with Gasteiger partial charge < -0.3 is 4.74 Å². The SMILES string of the molecule is CCN1C(=O)/C(=C/c2ccc(OC)cc2C)C(=O)NC1=S. The summed E-state index contributed by atoms with van der Waals surface area (Å²) in [5, 5.41) is 2.68. The lowest BCUT2D eigenvalue weighted by Gasteiger charge is -2.27. The van der Waals surface area contributed by atoms with Crippen LogP contribution in [0.2, 0.25) is 0 Å². The molecule has 0 aliphatic carbocycles. The Morgan fingerprint density at radius 2 is 2.10 bits per heavy atom. The molecule has 0 unspecified atom stereocenters. The number of benzene rings is 1. The van der Waals surface area contributed by atoms with Gasteiger partial charge in [0.2, 0.25) is 0 Å². The Bertz CT molecular complexity index is 652. The molecule has 0 radical (unpaired) electrons. The molecule has 0 aromatic heterocycles. The molecule has 1 fully saturated rings. The lowest BCUT2D eigenvalue weighted by atomic mass is 10.0. The molecule has 21 heavy (non-hydrogen) atoms. The van der Waals surface area contributed by atoms with Gasteiger partial charge in [0.25, 0.3) is 11.8 Å². The highest BCUT2D eigenvalue weighted by atomic mass is 32.1. The third kappa shape index (κ3) is 2.95. The van der Waals surface area contributed by atoms with Gasteiger partial charge in [-0.25, -0.2) is 0 Å². The summed E-state index contributed by atoms with van der Waals surface area (Å²) in [5.41, 5.74) is 1.79. The molecule has 1 aliphatic rings. The van der Waals surface area contributed by atoms with Crippen molar-refractivity contribution < 1.29 is 14.3 Å². The number of carbonyl (C=O) groups excluding carboxylic acids is 2. The third-order valence-electron chi connectivity index (χ3n) is 3.28. The van der Waals surface area contributed by atoms with E-state index in [-0.39, 0.29) is 16.6 Å². The minimum Gasteiger partial charge on any atom is -0.497 e. The molecule has 1 aliphatic heterocycles. The van der Waals surface area contributed by atoms with Crippen molar-refractivity contribution in [1.29, 1.82) is 0 Å². The van der Waals surface area contributed by atoms with Crippen LogP contribution >= 0.6 is 12.2 Å². The Morgan fingerprint density at radius 3 is 2.67 bits per heavy atom. The standard InChI is InChI=1S/C15H16N2O3S/c1-4-17-14(19)12(13(18)16-15(17)21)8-10-5-6-11(20-3)7-9(10)2/h5-8H,4H2,1-3H3,(H,16,18,21)/b12-8+. The van der Waals surface area contributed by atoms with E-state index in [2.05, 4.69) is 5.32 Å². The van der Waals surface area contributed by atoms with Gasteiger partial charge in [-0.15, -0.1) is 0 Å². The van der Waals surface area contributed by atoms with E-state index in [1.165, 1.54) is 4.90 Å². The Morgan fingerprint density at radius 1 is 1.38 bits per heavy atom. The van der Waals surface area contributed by atoms with Gasteiger partial charge >= 0.3 is 0 Å². The first-order valence-corrected chi connectivity index (χ1v) is 6.92. The Balaban J connectivity index is 2.41. The van der Waals surface area contributed by atoms with Gasteiger partial charge in [0.05, 0.1) is 7.11 Å². The largest absolute Gasteiger partial charge is 0.497 e. The molecule has 2 rings (SSSR count). The number of rotatable bonds is 3. The Kier molecular flexibility index (Phi) is 4.37. The highest BCUT2D eigenvalue weighted by molar-refractivity contribution is 7.80. The van der Waals surface area contributed by atoms with E-state index < -0.39 is 5.91 Å². The maximum absolute atomic E-state index is 12.3. The molecule has 1 heterocycles. The maximum Gasteiger partial charge on any atom is 0.265 e. The highest BCUT2D eigenvalue weighted by Crippen LogP contribution is 2.21. The summed E-state index contributed by atoms with van der Waals surface area (Å²) < 4.78 is 5.14. The Labute approximate surface area is 128 Å². The van der Waals surface area contributed by atoms with Gasteiger partial charge in [-0.2, -0.15) is 0 Å². The summed E-state index contributed by atoms with van der Waals surface area (Å²) in [4.78, 5) is 25.6. The zero-order valence-corrected chi connectivity index (χ0v) is 12.9. The topological polar surface area (TPSA) is 58.6 Å². The number of aryl methyl sites for hydroxylation is 1. The number of ether oxygens (including phenoxy) is 1. The normalized spacial score (nSPS) is 17.2. The molecule has 110 valence electrons. The van der Waals surface area contributed by atoms with Crippen LogP contribution in [0.5, 0.6) is 5.75 Å². The van der Waals surface area contributed by atoms with Gasteiger partial charge in [0, 0.05) is 6.54 Å². The fourth-order valence-corrected chi connectivity index (χ4v) is 2.38. The first kappa shape index (κ1) is 15.2. The number of amides is 2. The van der Waals surface area contributed by atoms with Crippen LogP contribution in [-0.4, -0.2) is 35.5 Å². The predicted octanol–water partition coefficient (Wildman–Crippen LogP) is 1.65. The summed E-state index contributed by atoms with van der Waals surface area (Å²) in [6.07, 6.45) is 1.58. The molecular weight excluding hydrogens is 288 g/mol. The van der Waals surface area contributed by atoms with Crippen LogP contribution in [0.25, 0.3) is 6.08 Å². The number of carbonyl (C=O) groups is 2. The second-order valence-corrected chi connectivity index (χ2v) is 4.98. The molecule has 6 heteroatoms. The highest BCUT2D eigenvalue weighted by Gasteiger charge is 2.32. The average molecular weight is 304 g/mol. The van der Waals surface area contributed by atoms with E-state index in [1.54, 1.807) is 26.2 Å². The van der Waals surface area contributed by atoms with Crippen molar-refractivity contribution in [1.82, 2.24) is 10.2 Å². The van der Waals surface area contributed by atoms with Crippen LogP contribution in [0.3, 0.4) is 0 Å². The van der Waals surface area contributed by atoms with Crippen molar-refractivity contribution in [2.24, 2.45) is 0 Å². The molecule has 0 bridgehead atoms. The molecule has 0 atom stereocenters. The second-order valence-electron chi connectivity index (χ2n) is 4.59. The summed E-state index contributed by atoms with van der Waals surface area (Å²) in [5.74, 6) is -0.114. The maximum atomic E-state index is 12.3. The molecule has 1 aromatic carbocycles. The number of thiocarbonyl (C=S) groups is 1.